The number of benzene rings is 1. The smallest absolute Gasteiger partial charge is 0.251 e. The molecule has 2 amide bonds. The Bertz CT molecular complexity index is 489. The Morgan fingerprint density at radius 1 is 1.26 bits per heavy atom. The number of anilines is 1. The van der Waals surface area contributed by atoms with Gasteiger partial charge in [0.05, 0.1) is 0 Å². The molecule has 0 radical (unpaired) electrons. The van der Waals surface area contributed by atoms with Gasteiger partial charge in [-0.1, -0.05) is 18.6 Å². The monoisotopic (exact) mass is 260 g/mol. The lowest BCUT2D eigenvalue weighted by atomic mass is 10.2. The second-order valence-corrected chi connectivity index (χ2v) is 4.55. The number of hydrogen-bond acceptors (Lipinski definition) is 2. The molecular weight excluding hydrogens is 240 g/mol. The van der Waals surface area contributed by atoms with Crippen molar-refractivity contribution in [1.29, 1.82) is 0 Å². The van der Waals surface area contributed by atoms with Crippen molar-refractivity contribution in [3.63, 3.8) is 0 Å². The van der Waals surface area contributed by atoms with E-state index in [4.69, 9.17) is 0 Å². The van der Waals surface area contributed by atoms with Gasteiger partial charge in [-0.2, -0.15) is 0 Å². The highest BCUT2D eigenvalue weighted by Gasteiger charge is 2.06. The molecule has 1 aromatic rings. The van der Waals surface area contributed by atoms with Crippen molar-refractivity contribution in [2.75, 3.05) is 11.9 Å². The molecule has 0 saturated heterocycles. The van der Waals surface area contributed by atoms with Crippen LogP contribution in [0, 0.1) is 0 Å². The molecule has 0 unspecified atom stereocenters. The minimum Gasteiger partial charge on any atom is -0.352 e. The Labute approximate surface area is 113 Å². The van der Waals surface area contributed by atoms with Crippen LogP contribution in [0.1, 0.15) is 37.6 Å². The van der Waals surface area contributed by atoms with Crippen LogP contribution < -0.4 is 10.6 Å². The highest BCUT2D eigenvalue weighted by molar-refractivity contribution is 6.01. The first-order valence-electron chi connectivity index (χ1n) is 6.37. The number of allylic oxidation sites excluding steroid dienone is 1. The topological polar surface area (TPSA) is 58.2 Å². The van der Waals surface area contributed by atoms with Crippen LogP contribution in [-0.2, 0) is 4.79 Å². The van der Waals surface area contributed by atoms with E-state index < -0.39 is 0 Å². The number of nitrogens with one attached hydrogen (secondary N) is 2. The van der Waals surface area contributed by atoms with Crippen molar-refractivity contribution in [1.82, 2.24) is 5.32 Å². The predicted octanol–water partition coefficient (Wildman–Crippen LogP) is 2.73. The fraction of sp³-hybridized carbons (Fsp3) is 0.333. The molecule has 0 bridgehead atoms. The number of rotatable bonds is 5. The summed E-state index contributed by atoms with van der Waals surface area (Å²) in [5, 5.41) is 5.53. The first-order chi connectivity index (χ1) is 9.02. The van der Waals surface area contributed by atoms with Crippen LogP contribution in [0.25, 0.3) is 0 Å². The van der Waals surface area contributed by atoms with E-state index in [1.165, 1.54) is 6.08 Å². The van der Waals surface area contributed by atoms with E-state index in [-0.39, 0.29) is 11.8 Å². The zero-order valence-corrected chi connectivity index (χ0v) is 11.6. The van der Waals surface area contributed by atoms with Crippen LogP contribution in [0.15, 0.2) is 35.9 Å². The third kappa shape index (κ3) is 5.38. The molecule has 4 nitrogen and oxygen atoms in total. The van der Waals surface area contributed by atoms with Gasteiger partial charge in [0.2, 0.25) is 5.91 Å². The third-order valence-electron chi connectivity index (χ3n) is 2.35. The molecule has 1 rings (SSSR count). The number of carbonyl (C=O) groups excluding carboxylic acids is 2. The van der Waals surface area contributed by atoms with Crippen molar-refractivity contribution in [3.05, 3.63) is 41.5 Å². The zero-order chi connectivity index (χ0) is 14.3. The normalized spacial score (nSPS) is 9.63. The van der Waals surface area contributed by atoms with Crippen LogP contribution in [0.5, 0.6) is 0 Å². The maximum absolute atomic E-state index is 11.8. The van der Waals surface area contributed by atoms with Crippen LogP contribution >= 0.6 is 0 Å². The Hall–Kier alpha value is -2.10. The minimum absolute atomic E-state index is 0.125. The molecule has 0 aliphatic heterocycles. The highest BCUT2D eigenvalue weighted by atomic mass is 16.2. The van der Waals surface area contributed by atoms with Crippen molar-refractivity contribution in [3.8, 4) is 0 Å². The molecule has 4 heteroatoms. The molecule has 102 valence electrons. The molecule has 0 spiro atoms. The van der Waals surface area contributed by atoms with Gasteiger partial charge in [0.25, 0.3) is 5.91 Å². The van der Waals surface area contributed by atoms with E-state index in [2.05, 4.69) is 10.6 Å². The highest BCUT2D eigenvalue weighted by Crippen LogP contribution is 2.11. The summed E-state index contributed by atoms with van der Waals surface area (Å²) >= 11 is 0. The van der Waals surface area contributed by atoms with Crippen molar-refractivity contribution in [2.45, 2.75) is 27.2 Å². The lowest BCUT2D eigenvalue weighted by molar-refractivity contribution is -0.111. The van der Waals surface area contributed by atoms with Crippen LogP contribution in [0.3, 0.4) is 0 Å². The third-order valence-corrected chi connectivity index (χ3v) is 2.35. The molecule has 19 heavy (non-hydrogen) atoms. The van der Waals surface area contributed by atoms with Crippen LogP contribution in [0.4, 0.5) is 5.69 Å². The number of carbonyl (C=O) groups is 2. The summed E-state index contributed by atoms with van der Waals surface area (Å²) < 4.78 is 0. The second-order valence-electron chi connectivity index (χ2n) is 4.55. The Balaban J connectivity index is 2.74. The summed E-state index contributed by atoms with van der Waals surface area (Å²) in [4.78, 5) is 23.4. The summed E-state index contributed by atoms with van der Waals surface area (Å²) in [5.41, 5.74) is 2.09. The minimum atomic E-state index is -0.189. The average molecular weight is 260 g/mol. The summed E-state index contributed by atoms with van der Waals surface area (Å²) in [6.45, 7) is 6.35. The molecule has 0 aliphatic rings. The van der Waals surface area contributed by atoms with E-state index in [0.717, 1.165) is 12.0 Å². The Morgan fingerprint density at radius 3 is 2.63 bits per heavy atom. The maximum atomic E-state index is 11.8. The number of amides is 2. The fourth-order valence-corrected chi connectivity index (χ4v) is 1.52. The van der Waals surface area contributed by atoms with Crippen molar-refractivity contribution < 1.29 is 9.59 Å². The van der Waals surface area contributed by atoms with Crippen LogP contribution in [-0.4, -0.2) is 18.4 Å². The predicted molar refractivity (Wildman–Crippen MR) is 77.1 cm³/mol. The average Bonchev–Trinajstić information content (AvgIpc) is 2.35. The summed E-state index contributed by atoms with van der Waals surface area (Å²) in [6, 6.07) is 6.90. The first kappa shape index (κ1) is 15.0. The van der Waals surface area contributed by atoms with Gasteiger partial charge in [0, 0.05) is 23.9 Å². The molecule has 0 aliphatic carbocycles. The molecule has 2 N–H and O–H groups in total. The van der Waals surface area contributed by atoms with E-state index in [9.17, 15) is 9.59 Å². The van der Waals surface area contributed by atoms with Crippen molar-refractivity contribution >= 4 is 17.5 Å². The van der Waals surface area contributed by atoms with E-state index in [1.807, 2.05) is 20.8 Å². The van der Waals surface area contributed by atoms with Crippen molar-refractivity contribution in [2.24, 2.45) is 0 Å². The summed E-state index contributed by atoms with van der Waals surface area (Å²) in [6.07, 6.45) is 2.41. The molecule has 0 saturated carbocycles. The quantitative estimate of drug-likeness (QED) is 0.800. The molecule has 0 fully saturated rings. The van der Waals surface area contributed by atoms with E-state index >= 15 is 0 Å². The first-order valence-corrected chi connectivity index (χ1v) is 6.37. The van der Waals surface area contributed by atoms with Gasteiger partial charge in [-0.3, -0.25) is 9.59 Å². The standard InChI is InChI=1S/C15H20N2O2/c1-4-8-16-15(19)12-6-5-7-13(10-12)17-14(18)9-11(2)3/h5-7,9-10H,4,8H2,1-3H3,(H,16,19)(H,17,18). The fourth-order valence-electron chi connectivity index (χ4n) is 1.52. The number of hydrogen-bond donors (Lipinski definition) is 2. The van der Waals surface area contributed by atoms with E-state index in [1.54, 1.807) is 24.3 Å². The van der Waals surface area contributed by atoms with Gasteiger partial charge in [-0.15, -0.1) is 0 Å². The van der Waals surface area contributed by atoms with Gasteiger partial charge in [-0.25, -0.2) is 0 Å². The van der Waals surface area contributed by atoms with E-state index in [0.29, 0.717) is 17.8 Å². The molecule has 1 aromatic carbocycles. The van der Waals surface area contributed by atoms with Gasteiger partial charge in [0.15, 0.2) is 0 Å². The van der Waals surface area contributed by atoms with Gasteiger partial charge in [0.1, 0.15) is 0 Å². The molecule has 0 heterocycles. The van der Waals surface area contributed by atoms with Crippen LogP contribution in [0.2, 0.25) is 0 Å². The molecule has 0 aromatic heterocycles. The zero-order valence-electron chi connectivity index (χ0n) is 11.6. The lowest BCUT2D eigenvalue weighted by Gasteiger charge is -2.06. The Morgan fingerprint density at radius 2 is 2.00 bits per heavy atom. The maximum Gasteiger partial charge on any atom is 0.251 e. The summed E-state index contributed by atoms with van der Waals surface area (Å²) in [7, 11) is 0. The largest absolute Gasteiger partial charge is 0.352 e. The Kier molecular flexibility index (Phi) is 5.79. The molecule has 0 atom stereocenters. The van der Waals surface area contributed by atoms with Gasteiger partial charge < -0.3 is 10.6 Å². The lowest BCUT2D eigenvalue weighted by Crippen LogP contribution is -2.24. The SMILES string of the molecule is CCCNC(=O)c1cccc(NC(=O)C=C(C)C)c1. The molecular formula is C15H20N2O2. The summed E-state index contributed by atoms with van der Waals surface area (Å²) in [5.74, 6) is -0.314. The second kappa shape index (κ2) is 7.36. The van der Waals surface area contributed by atoms with Gasteiger partial charge >= 0.3 is 0 Å². The van der Waals surface area contributed by atoms with Gasteiger partial charge in [-0.05, 0) is 38.5 Å².